The van der Waals surface area contributed by atoms with Crippen LogP contribution < -0.4 is 5.73 Å². The van der Waals surface area contributed by atoms with Crippen molar-refractivity contribution in [2.24, 2.45) is 0 Å². The van der Waals surface area contributed by atoms with E-state index in [-0.39, 0.29) is 18.6 Å². The summed E-state index contributed by atoms with van der Waals surface area (Å²) in [7, 11) is 0. The minimum absolute atomic E-state index is 0.0194. The second-order valence-electron chi connectivity index (χ2n) is 4.80. The fraction of sp³-hybridized carbons (Fsp3) is 0.357. The van der Waals surface area contributed by atoms with Crippen molar-refractivity contribution in [2.75, 3.05) is 18.9 Å². The quantitative estimate of drug-likeness (QED) is 0.884. The topological polar surface area (TPSA) is 66.6 Å². The highest BCUT2D eigenvalue weighted by atomic mass is 79.9. The van der Waals surface area contributed by atoms with Gasteiger partial charge >= 0.3 is 0 Å². The summed E-state index contributed by atoms with van der Waals surface area (Å²) < 4.78 is 1.94. The van der Waals surface area contributed by atoms with Crippen LogP contribution in [0, 0.1) is 0 Å². The molecule has 0 unspecified atom stereocenters. The minimum Gasteiger partial charge on any atom is -0.397 e. The van der Waals surface area contributed by atoms with Crippen molar-refractivity contribution in [2.45, 2.75) is 19.9 Å². The Morgan fingerprint density at radius 3 is 2.80 bits per heavy atom. The van der Waals surface area contributed by atoms with Crippen molar-refractivity contribution in [3.63, 3.8) is 0 Å². The summed E-state index contributed by atoms with van der Waals surface area (Å²) in [6.07, 6.45) is 0. The Morgan fingerprint density at radius 1 is 1.50 bits per heavy atom. The number of carbonyl (C=O) groups is 1. The highest BCUT2D eigenvalue weighted by molar-refractivity contribution is 9.10. The van der Waals surface area contributed by atoms with Crippen LogP contribution in [0.5, 0.6) is 0 Å². The molecule has 0 aliphatic rings. The molecular weight excluding hydrogens is 340 g/mol. The van der Waals surface area contributed by atoms with Gasteiger partial charge in [0.2, 0.25) is 0 Å². The van der Waals surface area contributed by atoms with Gasteiger partial charge in [0.05, 0.1) is 12.3 Å². The number of nitrogens with zero attached hydrogens (tertiary/aromatic N) is 1. The van der Waals surface area contributed by atoms with Crippen LogP contribution in [0.4, 0.5) is 5.69 Å². The number of thiophene rings is 1. The number of aliphatic hydroxyl groups excluding tert-OH is 1. The Bertz CT molecular complexity index is 639. The average Bonchev–Trinajstić information content (AvgIpc) is 2.71. The number of fused-ring (bicyclic) bond motifs is 1. The number of anilines is 1. The van der Waals surface area contributed by atoms with Crippen LogP contribution in [0.25, 0.3) is 10.1 Å². The third-order valence-electron chi connectivity index (χ3n) is 3.11. The molecule has 0 spiro atoms. The summed E-state index contributed by atoms with van der Waals surface area (Å²) in [5.41, 5.74) is 6.63. The van der Waals surface area contributed by atoms with E-state index in [4.69, 9.17) is 10.8 Å². The lowest BCUT2D eigenvalue weighted by Gasteiger charge is -2.25. The van der Waals surface area contributed by atoms with Crippen LogP contribution in [0.1, 0.15) is 23.5 Å². The van der Waals surface area contributed by atoms with Crippen molar-refractivity contribution in [1.29, 1.82) is 0 Å². The van der Waals surface area contributed by atoms with Gasteiger partial charge in [-0.25, -0.2) is 0 Å². The molecule has 0 aliphatic carbocycles. The first kappa shape index (κ1) is 15.3. The predicted octanol–water partition coefficient (Wildman–Crippen LogP) is 3.09. The molecule has 1 amide bonds. The summed E-state index contributed by atoms with van der Waals surface area (Å²) in [5, 5.41) is 10.00. The monoisotopic (exact) mass is 356 g/mol. The van der Waals surface area contributed by atoms with Gasteiger partial charge in [-0.1, -0.05) is 22.0 Å². The molecule has 0 fully saturated rings. The van der Waals surface area contributed by atoms with E-state index < -0.39 is 0 Å². The van der Waals surface area contributed by atoms with Crippen molar-refractivity contribution < 1.29 is 9.90 Å². The summed E-state index contributed by atoms with van der Waals surface area (Å²) in [6.45, 7) is 4.11. The Balaban J connectivity index is 2.46. The molecule has 3 N–H and O–H groups in total. The smallest absolute Gasteiger partial charge is 0.266 e. The Kier molecular flexibility index (Phi) is 4.67. The first-order valence-electron chi connectivity index (χ1n) is 6.35. The standard InChI is InChI=1S/C14H17BrN2O2S/c1-8(2)17(5-6-18)14(19)13-12(16)10-4-3-9(15)7-11(10)20-13/h3-4,7-8,18H,5-6,16H2,1-2H3. The van der Waals surface area contributed by atoms with Gasteiger partial charge in [-0.3, -0.25) is 4.79 Å². The lowest BCUT2D eigenvalue weighted by molar-refractivity contribution is 0.0671. The van der Waals surface area contributed by atoms with E-state index in [0.29, 0.717) is 17.1 Å². The van der Waals surface area contributed by atoms with E-state index >= 15 is 0 Å². The van der Waals surface area contributed by atoms with E-state index in [9.17, 15) is 4.79 Å². The van der Waals surface area contributed by atoms with Gasteiger partial charge < -0.3 is 15.7 Å². The zero-order valence-electron chi connectivity index (χ0n) is 11.4. The summed E-state index contributed by atoms with van der Waals surface area (Å²) >= 11 is 4.81. The molecule has 1 heterocycles. The Labute approximate surface area is 130 Å². The molecule has 2 rings (SSSR count). The normalized spacial score (nSPS) is 11.2. The van der Waals surface area contributed by atoms with Crippen LogP contribution in [0.2, 0.25) is 0 Å². The molecular formula is C14H17BrN2O2S. The van der Waals surface area contributed by atoms with E-state index in [1.807, 2.05) is 32.0 Å². The summed E-state index contributed by atoms with van der Waals surface area (Å²) in [4.78, 5) is 14.8. The van der Waals surface area contributed by atoms with Gasteiger partial charge in [0.15, 0.2) is 0 Å². The van der Waals surface area contributed by atoms with Crippen molar-refractivity contribution >= 4 is 48.9 Å². The van der Waals surface area contributed by atoms with E-state index in [1.165, 1.54) is 11.3 Å². The van der Waals surface area contributed by atoms with Crippen LogP contribution in [-0.4, -0.2) is 35.1 Å². The summed E-state index contributed by atoms with van der Waals surface area (Å²) in [5.74, 6) is -0.121. The fourth-order valence-electron chi connectivity index (χ4n) is 2.08. The second-order valence-corrected chi connectivity index (χ2v) is 6.77. The maximum atomic E-state index is 12.6. The first-order chi connectivity index (χ1) is 9.45. The minimum atomic E-state index is -0.121. The lowest BCUT2D eigenvalue weighted by atomic mass is 10.2. The van der Waals surface area contributed by atoms with Gasteiger partial charge in [-0.15, -0.1) is 11.3 Å². The highest BCUT2D eigenvalue weighted by Crippen LogP contribution is 2.36. The van der Waals surface area contributed by atoms with Gasteiger partial charge in [0.25, 0.3) is 5.91 Å². The third-order valence-corrected chi connectivity index (χ3v) is 4.76. The van der Waals surface area contributed by atoms with Gasteiger partial charge in [-0.2, -0.15) is 0 Å². The fourth-order valence-corrected chi connectivity index (χ4v) is 3.71. The number of benzene rings is 1. The zero-order chi connectivity index (χ0) is 14.9. The maximum absolute atomic E-state index is 12.6. The molecule has 4 nitrogen and oxygen atoms in total. The molecule has 0 radical (unpaired) electrons. The Hall–Kier alpha value is -1.11. The number of nitrogens with two attached hydrogens (primary N) is 1. The first-order valence-corrected chi connectivity index (χ1v) is 7.96. The van der Waals surface area contributed by atoms with Crippen LogP contribution >= 0.6 is 27.3 Å². The molecule has 0 atom stereocenters. The number of hydrogen-bond acceptors (Lipinski definition) is 4. The lowest BCUT2D eigenvalue weighted by Crippen LogP contribution is -2.38. The van der Waals surface area contributed by atoms with E-state index in [1.54, 1.807) is 4.90 Å². The van der Waals surface area contributed by atoms with Crippen LogP contribution in [0.15, 0.2) is 22.7 Å². The number of hydrogen-bond donors (Lipinski definition) is 2. The number of halogens is 1. The van der Waals surface area contributed by atoms with Gasteiger partial charge in [-0.05, 0) is 26.0 Å². The molecule has 0 bridgehead atoms. The number of nitrogen functional groups attached to an aromatic ring is 1. The van der Waals surface area contributed by atoms with Gasteiger partial charge in [0, 0.05) is 27.1 Å². The average molecular weight is 357 g/mol. The van der Waals surface area contributed by atoms with Gasteiger partial charge in [0.1, 0.15) is 4.88 Å². The van der Waals surface area contributed by atoms with Crippen molar-refractivity contribution in [1.82, 2.24) is 4.90 Å². The number of carbonyl (C=O) groups excluding carboxylic acids is 1. The Morgan fingerprint density at radius 2 is 2.20 bits per heavy atom. The molecule has 1 aromatic carbocycles. The predicted molar refractivity (Wildman–Crippen MR) is 87.2 cm³/mol. The largest absolute Gasteiger partial charge is 0.397 e. The molecule has 0 aliphatic heterocycles. The van der Waals surface area contributed by atoms with E-state index in [2.05, 4.69) is 15.9 Å². The molecule has 108 valence electrons. The number of aliphatic hydroxyl groups is 1. The molecule has 0 saturated heterocycles. The van der Waals surface area contributed by atoms with Crippen molar-refractivity contribution in [3.8, 4) is 0 Å². The van der Waals surface area contributed by atoms with Crippen molar-refractivity contribution in [3.05, 3.63) is 27.5 Å². The number of rotatable bonds is 4. The molecule has 20 heavy (non-hydrogen) atoms. The maximum Gasteiger partial charge on any atom is 0.266 e. The highest BCUT2D eigenvalue weighted by Gasteiger charge is 2.23. The molecule has 0 saturated carbocycles. The molecule has 1 aromatic heterocycles. The SMILES string of the molecule is CC(C)N(CCO)C(=O)c1sc2cc(Br)ccc2c1N. The number of amides is 1. The summed E-state index contributed by atoms with van der Waals surface area (Å²) in [6, 6.07) is 5.80. The van der Waals surface area contributed by atoms with E-state index in [0.717, 1.165) is 14.6 Å². The second kappa shape index (κ2) is 6.11. The third kappa shape index (κ3) is 2.82. The molecule has 2 aromatic rings. The molecule has 6 heteroatoms. The van der Waals surface area contributed by atoms with Crippen LogP contribution in [0.3, 0.4) is 0 Å². The van der Waals surface area contributed by atoms with Crippen LogP contribution in [-0.2, 0) is 0 Å². The zero-order valence-corrected chi connectivity index (χ0v) is 13.8.